The van der Waals surface area contributed by atoms with Crippen LogP contribution in [0.2, 0.25) is 10.0 Å². The molecule has 0 bridgehead atoms. The first-order valence-corrected chi connectivity index (χ1v) is 23.9. The standard InChI is InChI=1S/2C26H33ClN4O4/c1-16(2)21(30-22(32)17-6-5-7-20(14-17)29-24(28)34)23(33)31-13-12-26(35,25(3,4)15-31)18-8-10-19(27)11-9-18;1-16(2)21(30-22(32)17-6-5-7-20(28)14-17)23(33)31-13-12-26(35-24(29)34,25(3,4)15-31)18-8-10-19(27)11-9-18/h5-11,14,16,21,35H,12-13,15H2,1-4H3,(H,30,32)(H3,28,29,34);5-11,14,16,21H,12-13,15,28H2,1-4H3,(H2,29,34)(H,30,32)/t2*21-,26+/m11/s1. The number of ether oxygens (including phenoxy) is 1. The third-order valence-corrected chi connectivity index (χ3v) is 13.9. The van der Waals surface area contributed by atoms with Gasteiger partial charge in [0.1, 0.15) is 17.7 Å². The van der Waals surface area contributed by atoms with Gasteiger partial charge in [0.15, 0.2) is 0 Å². The van der Waals surface area contributed by atoms with Crippen molar-refractivity contribution in [3.63, 3.8) is 0 Å². The van der Waals surface area contributed by atoms with E-state index in [0.29, 0.717) is 71.6 Å². The van der Waals surface area contributed by atoms with Crippen LogP contribution in [0.25, 0.3) is 0 Å². The molecule has 0 radical (unpaired) electrons. The number of aliphatic hydroxyl groups is 1. The molecule has 0 spiro atoms. The second kappa shape index (κ2) is 22.2. The summed E-state index contributed by atoms with van der Waals surface area (Å²) in [5, 5.41) is 20.9. The summed E-state index contributed by atoms with van der Waals surface area (Å²) in [6, 6.07) is 25.0. The third kappa shape index (κ3) is 12.5. The van der Waals surface area contributed by atoms with Crippen molar-refractivity contribution in [2.24, 2.45) is 34.1 Å². The summed E-state index contributed by atoms with van der Waals surface area (Å²) in [7, 11) is 0. The molecule has 376 valence electrons. The van der Waals surface area contributed by atoms with E-state index in [1.165, 1.54) is 6.07 Å². The summed E-state index contributed by atoms with van der Waals surface area (Å²) in [6.45, 7) is 16.5. The number of rotatable bonds is 12. The number of carbonyl (C=O) groups excluding carboxylic acids is 6. The monoisotopic (exact) mass is 1000 g/mol. The molecule has 16 nitrogen and oxygen atoms in total. The number of likely N-dealkylation sites (tertiary alicyclic amines) is 2. The number of anilines is 2. The summed E-state index contributed by atoms with van der Waals surface area (Å²) < 4.78 is 5.77. The lowest BCUT2D eigenvalue weighted by Crippen LogP contribution is -2.61. The second-order valence-electron chi connectivity index (χ2n) is 20.0. The number of urea groups is 1. The van der Waals surface area contributed by atoms with Gasteiger partial charge in [0.05, 0.1) is 5.60 Å². The fourth-order valence-electron chi connectivity index (χ4n) is 9.38. The molecule has 2 fully saturated rings. The molecule has 10 N–H and O–H groups in total. The minimum absolute atomic E-state index is 0.152. The molecule has 18 heteroatoms. The van der Waals surface area contributed by atoms with Crippen LogP contribution in [0.15, 0.2) is 97.1 Å². The first-order valence-electron chi connectivity index (χ1n) is 23.1. The molecule has 4 atom stereocenters. The van der Waals surface area contributed by atoms with Crippen molar-refractivity contribution in [2.75, 3.05) is 37.2 Å². The highest BCUT2D eigenvalue weighted by molar-refractivity contribution is 6.30. The van der Waals surface area contributed by atoms with Crippen molar-refractivity contribution in [1.29, 1.82) is 0 Å². The van der Waals surface area contributed by atoms with Crippen LogP contribution >= 0.6 is 23.2 Å². The number of carbonyl (C=O) groups is 6. The predicted molar refractivity (Wildman–Crippen MR) is 272 cm³/mol. The molecule has 2 aliphatic heterocycles. The zero-order chi connectivity index (χ0) is 51.9. The molecule has 0 unspecified atom stereocenters. The Balaban J connectivity index is 0.000000261. The average molecular weight is 1000 g/mol. The van der Waals surface area contributed by atoms with Crippen LogP contribution in [0.5, 0.6) is 0 Å². The molecule has 4 aromatic rings. The molecular formula is C52H66Cl2N8O8. The molecule has 0 aliphatic carbocycles. The zero-order valence-corrected chi connectivity index (χ0v) is 42.5. The van der Waals surface area contributed by atoms with Crippen LogP contribution in [-0.2, 0) is 25.5 Å². The topological polar surface area (TPSA) is 253 Å². The first kappa shape index (κ1) is 54.6. The smallest absolute Gasteiger partial charge is 0.405 e. The van der Waals surface area contributed by atoms with E-state index in [9.17, 15) is 33.9 Å². The van der Waals surface area contributed by atoms with Crippen LogP contribution in [0.4, 0.5) is 21.0 Å². The fourth-order valence-corrected chi connectivity index (χ4v) is 9.63. The highest BCUT2D eigenvalue weighted by Gasteiger charge is 2.55. The summed E-state index contributed by atoms with van der Waals surface area (Å²) in [6.07, 6.45) is -0.195. The Kier molecular flexibility index (Phi) is 17.3. The Morgan fingerprint density at radius 2 is 1.10 bits per heavy atom. The van der Waals surface area contributed by atoms with Crippen LogP contribution < -0.4 is 33.2 Å². The maximum atomic E-state index is 13.6. The van der Waals surface area contributed by atoms with E-state index in [-0.39, 0.29) is 29.6 Å². The number of primary amides is 2. The van der Waals surface area contributed by atoms with Crippen molar-refractivity contribution in [2.45, 2.75) is 91.5 Å². The number of nitrogens with zero attached hydrogens (tertiary/aromatic N) is 2. The summed E-state index contributed by atoms with van der Waals surface area (Å²) in [5.41, 5.74) is 16.0. The minimum Gasteiger partial charge on any atom is -0.437 e. The van der Waals surface area contributed by atoms with Crippen LogP contribution in [0.3, 0.4) is 0 Å². The molecule has 2 aliphatic rings. The van der Waals surface area contributed by atoms with Gasteiger partial charge in [-0.2, -0.15) is 0 Å². The number of nitrogen functional groups attached to an aromatic ring is 1. The number of hydrogen-bond acceptors (Lipinski definition) is 9. The van der Waals surface area contributed by atoms with Gasteiger partial charge in [0.2, 0.25) is 11.8 Å². The van der Waals surface area contributed by atoms with Gasteiger partial charge in [-0.1, -0.05) is 115 Å². The van der Waals surface area contributed by atoms with Crippen LogP contribution in [0.1, 0.15) is 100 Å². The Bertz CT molecular complexity index is 2560. The lowest BCUT2D eigenvalue weighted by atomic mass is 9.66. The summed E-state index contributed by atoms with van der Waals surface area (Å²) in [5.74, 6) is -1.52. The molecule has 0 aromatic heterocycles. The van der Waals surface area contributed by atoms with Gasteiger partial charge in [-0.3, -0.25) is 19.2 Å². The number of nitrogens with one attached hydrogen (secondary N) is 3. The Labute approximate surface area is 419 Å². The van der Waals surface area contributed by atoms with Crippen molar-refractivity contribution in [3.8, 4) is 0 Å². The number of halogens is 2. The van der Waals surface area contributed by atoms with E-state index in [1.807, 2.05) is 79.7 Å². The number of nitrogens with two attached hydrogens (primary N) is 3. The maximum Gasteiger partial charge on any atom is 0.405 e. The summed E-state index contributed by atoms with van der Waals surface area (Å²) in [4.78, 5) is 79.4. The Hall–Kier alpha value is -6.36. The van der Waals surface area contributed by atoms with Gasteiger partial charge in [-0.25, -0.2) is 9.59 Å². The number of benzene rings is 4. The largest absolute Gasteiger partial charge is 0.437 e. The van der Waals surface area contributed by atoms with Crippen molar-refractivity contribution >= 4 is 70.3 Å². The second-order valence-corrected chi connectivity index (χ2v) is 20.9. The van der Waals surface area contributed by atoms with Gasteiger partial charge in [-0.15, -0.1) is 0 Å². The van der Waals surface area contributed by atoms with E-state index >= 15 is 0 Å². The van der Waals surface area contributed by atoms with E-state index in [1.54, 1.807) is 76.5 Å². The molecule has 7 amide bonds. The third-order valence-electron chi connectivity index (χ3n) is 13.4. The summed E-state index contributed by atoms with van der Waals surface area (Å²) >= 11 is 12.1. The lowest BCUT2D eigenvalue weighted by Gasteiger charge is -2.52. The van der Waals surface area contributed by atoms with Crippen molar-refractivity contribution < 1.29 is 38.6 Å². The fraction of sp³-hybridized carbons (Fsp3) is 0.423. The first-order chi connectivity index (χ1) is 32.7. The highest BCUT2D eigenvalue weighted by Crippen LogP contribution is 2.50. The van der Waals surface area contributed by atoms with Gasteiger partial charge in [0, 0.05) is 76.0 Å². The van der Waals surface area contributed by atoms with Gasteiger partial charge in [0.25, 0.3) is 11.8 Å². The lowest BCUT2D eigenvalue weighted by molar-refractivity contribution is -0.156. The van der Waals surface area contributed by atoms with Gasteiger partial charge in [-0.05, 0) is 90.0 Å². The van der Waals surface area contributed by atoms with E-state index < -0.39 is 52.1 Å². The Morgan fingerprint density at radius 1 is 0.643 bits per heavy atom. The molecule has 4 aromatic carbocycles. The predicted octanol–water partition coefficient (Wildman–Crippen LogP) is 7.66. The van der Waals surface area contributed by atoms with Crippen molar-refractivity contribution in [3.05, 3.63) is 129 Å². The van der Waals surface area contributed by atoms with E-state index in [2.05, 4.69) is 16.0 Å². The number of amides is 7. The molecule has 2 saturated heterocycles. The molecule has 70 heavy (non-hydrogen) atoms. The quantitative estimate of drug-likeness (QED) is 0.0687. The Morgan fingerprint density at radius 3 is 1.54 bits per heavy atom. The number of piperidine rings is 2. The normalized spacial score (nSPS) is 20.2. The SMILES string of the molecule is CC(C)[C@@H](NC(=O)c1cccc(N)c1)C(=O)N1CC[C@](OC(N)=O)(c2ccc(Cl)cc2)C(C)(C)C1.CC(C)[C@@H](NC(=O)c1cccc(NC(N)=O)c1)C(=O)N1CC[C@](O)(c2ccc(Cl)cc2)C(C)(C)C1. The van der Waals surface area contributed by atoms with E-state index in [4.69, 9.17) is 45.1 Å². The minimum atomic E-state index is -1.13. The maximum absolute atomic E-state index is 13.6. The average Bonchev–Trinajstić information content (AvgIpc) is 3.28. The molecular weight excluding hydrogens is 936 g/mol. The van der Waals surface area contributed by atoms with Gasteiger partial charge < -0.3 is 52.8 Å². The zero-order valence-electron chi connectivity index (χ0n) is 41.0. The van der Waals surface area contributed by atoms with Gasteiger partial charge >= 0.3 is 12.1 Å². The van der Waals surface area contributed by atoms with Crippen LogP contribution in [0, 0.1) is 22.7 Å². The number of hydrogen-bond donors (Lipinski definition) is 7. The van der Waals surface area contributed by atoms with Crippen molar-refractivity contribution in [1.82, 2.24) is 20.4 Å². The molecule has 6 rings (SSSR count). The van der Waals surface area contributed by atoms with E-state index in [0.717, 1.165) is 11.1 Å². The highest BCUT2D eigenvalue weighted by atomic mass is 35.5. The molecule has 0 saturated carbocycles. The van der Waals surface area contributed by atoms with Crippen LogP contribution in [-0.4, -0.2) is 88.9 Å². The molecule has 2 heterocycles.